The minimum Gasteiger partial charge on any atom is -0.478 e. The second-order valence-electron chi connectivity index (χ2n) is 9.15. The van der Waals surface area contributed by atoms with Gasteiger partial charge in [0.25, 0.3) is 0 Å². The zero-order chi connectivity index (χ0) is 28.2. The van der Waals surface area contributed by atoms with Gasteiger partial charge in [-0.2, -0.15) is 13.2 Å². The molecule has 202 valence electrons. The molecule has 9 heteroatoms. The van der Waals surface area contributed by atoms with E-state index in [0.29, 0.717) is 16.1 Å². The molecule has 0 radical (unpaired) electrons. The number of nitrogens with zero attached hydrogens (tertiary/aromatic N) is 1. The molecule has 1 heterocycles. The molecule has 0 aliphatic carbocycles. The Hall–Kier alpha value is -3.52. The molecule has 0 spiro atoms. The standard InChI is InChI=1S/C16H16Cl2N2.C14H9F3O2/c17-14-3-1-13(16(18)8-14)10-20-6-5-11-7-15(19)4-2-12(11)9-20;15-14(16,17)10-7-5-9(6-8-10)11-3-1-2-4-12(11)13(18)19/h1-4,7-8H,5-6,9-10,19H2;1-8H,(H,18,19). The molecule has 39 heavy (non-hydrogen) atoms. The Labute approximate surface area is 234 Å². The van der Waals surface area contributed by atoms with Crippen LogP contribution in [0.25, 0.3) is 11.1 Å². The van der Waals surface area contributed by atoms with Gasteiger partial charge < -0.3 is 10.8 Å². The van der Waals surface area contributed by atoms with Crippen molar-refractivity contribution in [2.45, 2.75) is 25.7 Å². The summed E-state index contributed by atoms with van der Waals surface area (Å²) in [5, 5.41) is 10.4. The van der Waals surface area contributed by atoms with Gasteiger partial charge in [-0.25, -0.2) is 4.79 Å². The molecular weight excluding hydrogens is 548 g/mol. The van der Waals surface area contributed by atoms with E-state index in [-0.39, 0.29) is 5.56 Å². The third kappa shape index (κ3) is 7.32. The van der Waals surface area contributed by atoms with Gasteiger partial charge in [-0.05, 0) is 76.7 Å². The lowest BCUT2D eigenvalue weighted by Crippen LogP contribution is -2.30. The van der Waals surface area contributed by atoms with Gasteiger partial charge in [-0.3, -0.25) is 4.90 Å². The van der Waals surface area contributed by atoms with E-state index < -0.39 is 17.7 Å². The van der Waals surface area contributed by atoms with Crippen molar-refractivity contribution >= 4 is 34.9 Å². The van der Waals surface area contributed by atoms with Crippen molar-refractivity contribution in [3.05, 3.63) is 123 Å². The van der Waals surface area contributed by atoms with E-state index in [2.05, 4.69) is 17.0 Å². The normalized spacial score (nSPS) is 13.3. The number of carboxylic acids is 1. The second-order valence-corrected chi connectivity index (χ2v) is 9.99. The Morgan fingerprint density at radius 1 is 0.923 bits per heavy atom. The number of hydrogen-bond donors (Lipinski definition) is 2. The van der Waals surface area contributed by atoms with E-state index in [9.17, 15) is 18.0 Å². The number of hydrogen-bond acceptors (Lipinski definition) is 3. The predicted molar refractivity (Wildman–Crippen MR) is 149 cm³/mol. The molecule has 0 amide bonds. The van der Waals surface area contributed by atoms with Gasteiger partial charge in [0.15, 0.2) is 0 Å². The molecule has 0 saturated carbocycles. The lowest BCUT2D eigenvalue weighted by molar-refractivity contribution is -0.137. The van der Waals surface area contributed by atoms with Gasteiger partial charge >= 0.3 is 12.1 Å². The highest BCUT2D eigenvalue weighted by atomic mass is 35.5. The van der Waals surface area contributed by atoms with Crippen molar-refractivity contribution in [1.29, 1.82) is 0 Å². The molecule has 0 atom stereocenters. The highest BCUT2D eigenvalue weighted by Crippen LogP contribution is 2.32. The first-order valence-corrected chi connectivity index (χ1v) is 12.8. The summed E-state index contributed by atoms with van der Waals surface area (Å²) in [7, 11) is 0. The number of aromatic carboxylic acids is 1. The zero-order valence-corrected chi connectivity index (χ0v) is 22.2. The number of rotatable bonds is 4. The summed E-state index contributed by atoms with van der Waals surface area (Å²) in [6.45, 7) is 2.81. The molecule has 1 aliphatic rings. The highest BCUT2D eigenvalue weighted by molar-refractivity contribution is 6.35. The van der Waals surface area contributed by atoms with Crippen LogP contribution in [0.5, 0.6) is 0 Å². The number of carboxylic acid groups (broad SMARTS) is 1. The molecule has 4 aromatic carbocycles. The van der Waals surface area contributed by atoms with Gasteiger partial charge in [-0.1, -0.05) is 65.7 Å². The van der Waals surface area contributed by atoms with Crippen LogP contribution in [-0.4, -0.2) is 22.5 Å². The first-order valence-electron chi connectivity index (χ1n) is 12.0. The third-order valence-corrected chi connectivity index (χ3v) is 7.00. The molecule has 0 aromatic heterocycles. The van der Waals surface area contributed by atoms with Crippen LogP contribution in [0.15, 0.2) is 84.9 Å². The summed E-state index contributed by atoms with van der Waals surface area (Å²) in [4.78, 5) is 13.4. The highest BCUT2D eigenvalue weighted by Gasteiger charge is 2.30. The fourth-order valence-corrected chi connectivity index (χ4v) is 4.89. The van der Waals surface area contributed by atoms with Gasteiger partial charge in [0.1, 0.15) is 0 Å². The predicted octanol–water partition coefficient (Wildman–Crippen LogP) is 8.20. The molecule has 0 fully saturated rings. The summed E-state index contributed by atoms with van der Waals surface area (Å²) >= 11 is 12.2. The Morgan fingerprint density at radius 2 is 1.64 bits per heavy atom. The Kier molecular flexibility index (Phi) is 8.85. The average molecular weight is 573 g/mol. The third-order valence-electron chi connectivity index (χ3n) is 6.41. The van der Waals surface area contributed by atoms with E-state index in [0.717, 1.165) is 54.5 Å². The van der Waals surface area contributed by atoms with Gasteiger partial charge in [-0.15, -0.1) is 0 Å². The largest absolute Gasteiger partial charge is 0.478 e. The van der Waals surface area contributed by atoms with Crippen LogP contribution >= 0.6 is 23.2 Å². The molecule has 4 nitrogen and oxygen atoms in total. The smallest absolute Gasteiger partial charge is 0.416 e. The maximum Gasteiger partial charge on any atom is 0.416 e. The zero-order valence-electron chi connectivity index (χ0n) is 20.7. The molecule has 4 aromatic rings. The van der Waals surface area contributed by atoms with Gasteiger partial charge in [0.2, 0.25) is 0 Å². The van der Waals surface area contributed by atoms with Crippen LogP contribution < -0.4 is 5.73 Å². The number of alkyl halides is 3. The van der Waals surface area contributed by atoms with Crippen LogP contribution in [0.4, 0.5) is 18.9 Å². The molecule has 0 unspecified atom stereocenters. The minimum absolute atomic E-state index is 0.0576. The number of benzene rings is 4. The van der Waals surface area contributed by atoms with Crippen molar-refractivity contribution in [2.75, 3.05) is 12.3 Å². The second kappa shape index (κ2) is 12.1. The quantitative estimate of drug-likeness (QED) is 0.242. The first-order chi connectivity index (χ1) is 18.5. The lowest BCUT2D eigenvalue weighted by atomic mass is 9.98. The Bertz CT molecular complexity index is 1470. The number of anilines is 1. The molecule has 1 aliphatic heterocycles. The Morgan fingerprint density at radius 3 is 2.31 bits per heavy atom. The molecular formula is C30H25Cl2F3N2O2. The fraction of sp³-hybridized carbons (Fsp3) is 0.167. The SMILES string of the molecule is Nc1ccc2c(c1)CCN(Cc1ccc(Cl)cc1Cl)C2.O=C(O)c1ccccc1-c1ccc(C(F)(F)F)cc1. The van der Waals surface area contributed by atoms with Gasteiger partial charge in [0.05, 0.1) is 11.1 Å². The summed E-state index contributed by atoms with van der Waals surface area (Å²) in [5.74, 6) is -1.12. The van der Waals surface area contributed by atoms with Crippen molar-refractivity contribution in [2.24, 2.45) is 0 Å². The number of nitrogens with two attached hydrogens (primary N) is 1. The van der Waals surface area contributed by atoms with Crippen molar-refractivity contribution in [3.8, 4) is 11.1 Å². The molecule has 0 saturated heterocycles. The van der Waals surface area contributed by atoms with E-state index in [4.69, 9.17) is 34.0 Å². The maximum atomic E-state index is 12.4. The summed E-state index contributed by atoms with van der Waals surface area (Å²) in [5.41, 5.74) is 10.6. The topological polar surface area (TPSA) is 66.6 Å². The van der Waals surface area contributed by atoms with Crippen LogP contribution in [0, 0.1) is 0 Å². The average Bonchev–Trinajstić information content (AvgIpc) is 2.90. The summed E-state index contributed by atoms with van der Waals surface area (Å²) < 4.78 is 37.3. The van der Waals surface area contributed by atoms with E-state index in [1.54, 1.807) is 24.3 Å². The summed E-state index contributed by atoms with van der Waals surface area (Å²) in [6, 6.07) is 22.5. The first kappa shape index (κ1) is 28.5. The van der Waals surface area contributed by atoms with Crippen molar-refractivity contribution < 1.29 is 23.1 Å². The lowest BCUT2D eigenvalue weighted by Gasteiger charge is -2.29. The monoisotopic (exact) mass is 572 g/mol. The molecule has 3 N–H and O–H groups in total. The molecule has 5 rings (SSSR count). The number of halogens is 5. The molecule has 0 bridgehead atoms. The van der Waals surface area contributed by atoms with Crippen LogP contribution in [0.3, 0.4) is 0 Å². The number of carbonyl (C=O) groups is 1. The Balaban J connectivity index is 0.000000181. The number of fused-ring (bicyclic) bond motifs is 1. The number of nitrogen functional groups attached to an aromatic ring is 1. The van der Waals surface area contributed by atoms with Crippen LogP contribution in [-0.2, 0) is 25.7 Å². The van der Waals surface area contributed by atoms with Crippen LogP contribution in [0.1, 0.15) is 32.6 Å². The van der Waals surface area contributed by atoms with Crippen molar-refractivity contribution in [3.63, 3.8) is 0 Å². The minimum atomic E-state index is -4.40. The summed E-state index contributed by atoms with van der Waals surface area (Å²) in [6.07, 6.45) is -3.36. The maximum absolute atomic E-state index is 12.4. The van der Waals surface area contributed by atoms with E-state index >= 15 is 0 Å². The van der Waals surface area contributed by atoms with Crippen molar-refractivity contribution in [1.82, 2.24) is 4.90 Å². The van der Waals surface area contributed by atoms with Gasteiger partial charge in [0, 0.05) is 35.4 Å². The van der Waals surface area contributed by atoms with E-state index in [1.165, 1.54) is 29.3 Å². The van der Waals surface area contributed by atoms with Crippen LogP contribution in [0.2, 0.25) is 10.0 Å². The fourth-order valence-electron chi connectivity index (χ4n) is 4.42. The van der Waals surface area contributed by atoms with E-state index in [1.807, 2.05) is 18.2 Å².